The van der Waals surface area contributed by atoms with E-state index in [1.165, 1.54) is 16.4 Å². The van der Waals surface area contributed by atoms with E-state index in [1.54, 1.807) is 19.8 Å². The number of hydrogen-bond donors (Lipinski definition) is 0. The maximum Gasteiger partial charge on any atom is 0.160 e. The van der Waals surface area contributed by atoms with Gasteiger partial charge in [0.2, 0.25) is 0 Å². The number of hydrogen-bond acceptors (Lipinski definition) is 2. The van der Waals surface area contributed by atoms with Crippen molar-refractivity contribution < 1.29 is 9.47 Å². The smallest absolute Gasteiger partial charge is 0.160 e. The van der Waals surface area contributed by atoms with E-state index in [2.05, 4.69) is 47.7 Å². The van der Waals surface area contributed by atoms with Gasteiger partial charge < -0.3 is 9.47 Å². The molecule has 0 N–H and O–H groups in total. The van der Waals surface area contributed by atoms with Gasteiger partial charge in [-0.25, -0.2) is 0 Å². The lowest BCUT2D eigenvalue weighted by atomic mass is 10.1. The topological polar surface area (TPSA) is 18.5 Å². The van der Waals surface area contributed by atoms with E-state index in [-0.39, 0.29) is 0 Å². The Morgan fingerprint density at radius 2 is 1.95 bits per heavy atom. The highest BCUT2D eigenvalue weighted by molar-refractivity contribution is 14.1. The molecule has 0 atom stereocenters. The molecule has 106 valence electrons. The number of ether oxygens (including phenoxy) is 2. The lowest BCUT2D eigenvalue weighted by Gasteiger charge is -2.09. The van der Waals surface area contributed by atoms with Gasteiger partial charge in [-0.1, -0.05) is 47.2 Å². The number of allylic oxidation sites excluding steroid dienone is 2. The average molecular weight is 374 g/mol. The fourth-order valence-corrected chi connectivity index (χ4v) is 2.72. The van der Waals surface area contributed by atoms with Crippen LogP contribution in [0, 0.1) is 0 Å². The van der Waals surface area contributed by atoms with E-state index in [9.17, 15) is 0 Å². The molecule has 1 aromatic rings. The average Bonchev–Trinajstić information content (AvgIpc) is 2.46. The van der Waals surface area contributed by atoms with Crippen LogP contribution in [0.3, 0.4) is 0 Å². The predicted molar refractivity (Wildman–Crippen MR) is 89.7 cm³/mol. The third-order valence-corrected chi connectivity index (χ3v) is 3.72. The second-order valence-electron chi connectivity index (χ2n) is 4.38. The van der Waals surface area contributed by atoms with Crippen molar-refractivity contribution in [2.45, 2.75) is 32.6 Å². The molecule has 0 aliphatic heterocycles. The molecule has 0 fully saturated rings. The zero-order valence-corrected chi connectivity index (χ0v) is 14.2. The van der Waals surface area contributed by atoms with Crippen LogP contribution in [0.5, 0.6) is 11.5 Å². The van der Waals surface area contributed by atoms with Crippen molar-refractivity contribution in [2.75, 3.05) is 18.6 Å². The summed E-state index contributed by atoms with van der Waals surface area (Å²) in [6.07, 6.45) is 6.90. The van der Waals surface area contributed by atoms with Crippen molar-refractivity contribution in [2.24, 2.45) is 0 Å². The Balaban J connectivity index is 2.62. The fraction of sp³-hybridized carbons (Fsp3) is 0.500. The van der Waals surface area contributed by atoms with Crippen molar-refractivity contribution in [1.82, 2.24) is 0 Å². The summed E-state index contributed by atoms with van der Waals surface area (Å²) in [4.78, 5) is 0. The fourth-order valence-electron chi connectivity index (χ4n) is 2.02. The van der Waals surface area contributed by atoms with E-state index >= 15 is 0 Å². The number of rotatable bonds is 8. The van der Waals surface area contributed by atoms with Gasteiger partial charge in [0.15, 0.2) is 11.5 Å². The molecule has 0 heterocycles. The molecule has 0 saturated heterocycles. The van der Waals surface area contributed by atoms with Crippen LogP contribution in [0.4, 0.5) is 0 Å². The molecule has 1 rings (SSSR count). The molecule has 19 heavy (non-hydrogen) atoms. The molecule has 0 aliphatic rings. The predicted octanol–water partition coefficient (Wildman–Crippen LogP) is 4.80. The van der Waals surface area contributed by atoms with Gasteiger partial charge in [-0.3, -0.25) is 0 Å². The monoisotopic (exact) mass is 374 g/mol. The molecule has 2 nitrogen and oxygen atoms in total. The second kappa shape index (κ2) is 9.23. The van der Waals surface area contributed by atoms with Gasteiger partial charge >= 0.3 is 0 Å². The minimum atomic E-state index is 0.793. The van der Waals surface area contributed by atoms with Crippen molar-refractivity contribution >= 4 is 22.6 Å². The molecule has 0 aliphatic carbocycles. The van der Waals surface area contributed by atoms with Gasteiger partial charge in [-0.15, -0.1) is 0 Å². The van der Waals surface area contributed by atoms with Gasteiger partial charge in [0, 0.05) is 4.43 Å². The lowest BCUT2D eigenvalue weighted by molar-refractivity contribution is 0.354. The maximum atomic E-state index is 5.32. The van der Waals surface area contributed by atoms with Crippen molar-refractivity contribution in [3.63, 3.8) is 0 Å². The van der Waals surface area contributed by atoms with Gasteiger partial charge in [0.05, 0.1) is 14.2 Å². The van der Waals surface area contributed by atoms with Crippen LogP contribution >= 0.6 is 22.6 Å². The maximum absolute atomic E-state index is 5.32. The van der Waals surface area contributed by atoms with Crippen LogP contribution in [0.15, 0.2) is 29.8 Å². The Kier molecular flexibility index (Phi) is 7.94. The summed E-state index contributed by atoms with van der Waals surface area (Å²) in [7, 11) is 3.34. The molecule has 0 unspecified atom stereocenters. The third kappa shape index (κ3) is 5.43. The first-order valence-corrected chi connectivity index (χ1v) is 8.22. The number of methoxy groups -OCH3 is 2. The Morgan fingerprint density at radius 1 is 1.21 bits per heavy atom. The Hall–Kier alpha value is -0.710. The van der Waals surface area contributed by atoms with Crippen molar-refractivity contribution in [1.29, 1.82) is 0 Å². The zero-order valence-electron chi connectivity index (χ0n) is 12.0. The summed E-state index contributed by atoms with van der Waals surface area (Å²) in [5.74, 6) is 1.60. The quantitative estimate of drug-likeness (QED) is 0.370. The molecule has 0 radical (unpaired) electrons. The molecule has 0 amide bonds. The summed E-state index contributed by atoms with van der Waals surface area (Å²) in [5, 5.41) is 0. The summed E-state index contributed by atoms with van der Waals surface area (Å²) in [6.45, 7) is 2.23. The number of halogens is 1. The first-order valence-electron chi connectivity index (χ1n) is 6.69. The molecule has 0 spiro atoms. The summed E-state index contributed by atoms with van der Waals surface area (Å²) >= 11 is 2.44. The summed E-state index contributed by atoms with van der Waals surface area (Å²) in [6, 6.07) is 6.15. The highest BCUT2D eigenvalue weighted by Crippen LogP contribution is 2.28. The van der Waals surface area contributed by atoms with Gasteiger partial charge in [-0.05, 0) is 43.4 Å². The molecule has 0 saturated carbocycles. The summed E-state index contributed by atoms with van der Waals surface area (Å²) in [5.41, 5.74) is 2.86. The molecule has 3 heteroatoms. The minimum Gasteiger partial charge on any atom is -0.493 e. The van der Waals surface area contributed by atoms with Gasteiger partial charge in [-0.2, -0.15) is 0 Å². The SMILES string of the molecule is CC/C(=C\CCc1ccc(OC)c(OC)c1)CCI. The molecule has 0 aromatic heterocycles. The highest BCUT2D eigenvalue weighted by Gasteiger charge is 2.04. The van der Waals surface area contributed by atoms with E-state index in [0.29, 0.717) is 0 Å². The van der Waals surface area contributed by atoms with Crippen molar-refractivity contribution in [3.05, 3.63) is 35.4 Å². The Labute approximate surface area is 130 Å². The zero-order chi connectivity index (χ0) is 14.1. The van der Waals surface area contributed by atoms with Crippen LogP contribution in [0.1, 0.15) is 31.7 Å². The molecular formula is C16H23IO2. The van der Waals surface area contributed by atoms with Gasteiger partial charge in [0.25, 0.3) is 0 Å². The second-order valence-corrected chi connectivity index (χ2v) is 5.46. The van der Waals surface area contributed by atoms with Gasteiger partial charge in [0.1, 0.15) is 0 Å². The first kappa shape index (κ1) is 16.3. The number of aryl methyl sites for hydroxylation is 1. The van der Waals surface area contributed by atoms with Crippen LogP contribution in [0.25, 0.3) is 0 Å². The normalized spacial score (nSPS) is 11.5. The van der Waals surface area contributed by atoms with Crippen molar-refractivity contribution in [3.8, 4) is 11.5 Å². The minimum absolute atomic E-state index is 0.793. The standard InChI is InChI=1S/C16H23IO2/c1-4-13(10-11-17)6-5-7-14-8-9-15(18-2)16(12-14)19-3/h6,8-9,12H,4-5,7,10-11H2,1-3H3/b13-6+. The van der Waals surface area contributed by atoms with E-state index in [0.717, 1.165) is 30.8 Å². The molecule has 0 bridgehead atoms. The number of alkyl halides is 1. The summed E-state index contributed by atoms with van der Waals surface area (Å²) < 4.78 is 11.8. The Bertz CT molecular complexity index is 413. The van der Waals surface area contributed by atoms with Crippen LogP contribution in [0.2, 0.25) is 0 Å². The van der Waals surface area contributed by atoms with E-state index < -0.39 is 0 Å². The Morgan fingerprint density at radius 3 is 2.53 bits per heavy atom. The largest absolute Gasteiger partial charge is 0.493 e. The van der Waals surface area contributed by atoms with E-state index in [4.69, 9.17) is 9.47 Å². The first-order chi connectivity index (χ1) is 9.24. The number of benzene rings is 1. The molecule has 1 aromatic carbocycles. The van der Waals surface area contributed by atoms with Crippen LogP contribution in [-0.4, -0.2) is 18.6 Å². The van der Waals surface area contributed by atoms with Crippen LogP contribution < -0.4 is 9.47 Å². The van der Waals surface area contributed by atoms with Crippen LogP contribution in [-0.2, 0) is 6.42 Å². The highest BCUT2D eigenvalue weighted by atomic mass is 127. The molecular weight excluding hydrogens is 351 g/mol. The lowest BCUT2D eigenvalue weighted by Crippen LogP contribution is -1.93. The third-order valence-electron chi connectivity index (χ3n) is 3.18. The van der Waals surface area contributed by atoms with E-state index in [1.807, 2.05) is 6.07 Å².